The molecule has 2 aliphatic heterocycles. The number of H-pyrrole nitrogens is 1. The number of hydrogen-bond acceptors (Lipinski definition) is 4. The molecule has 0 radical (unpaired) electrons. The maximum Gasteiger partial charge on any atom is 0.270 e. The first kappa shape index (κ1) is 17.3. The molecule has 1 fully saturated rings. The van der Waals surface area contributed by atoms with Crippen molar-refractivity contribution in [3.05, 3.63) is 36.0 Å². The van der Waals surface area contributed by atoms with Crippen LogP contribution in [0.15, 0.2) is 35.6 Å². The fraction of sp³-hybridized carbons (Fsp3) is 0.368. The summed E-state index contributed by atoms with van der Waals surface area (Å²) in [5, 5.41) is 4.80. The van der Waals surface area contributed by atoms with Gasteiger partial charge in [0.1, 0.15) is 5.71 Å². The molecule has 0 atom stereocenters. The number of aromatic amines is 1. The molecule has 0 unspecified atom stereocenters. The van der Waals surface area contributed by atoms with E-state index in [1.165, 1.54) is 0 Å². The van der Waals surface area contributed by atoms with Crippen LogP contribution in [0.5, 0.6) is 0 Å². The average molecular weight is 367 g/mol. The second-order valence-corrected chi connectivity index (χ2v) is 6.78. The molecule has 1 saturated heterocycles. The second kappa shape index (κ2) is 7.22. The van der Waals surface area contributed by atoms with Gasteiger partial charge in [-0.2, -0.15) is 5.10 Å². The Morgan fingerprint density at radius 3 is 2.44 bits per heavy atom. The Labute approximate surface area is 156 Å². The van der Waals surface area contributed by atoms with E-state index in [0.29, 0.717) is 50.3 Å². The van der Waals surface area contributed by atoms with Crippen LogP contribution in [0.3, 0.4) is 0 Å². The Hall–Kier alpha value is -3.16. The molecule has 0 spiro atoms. The summed E-state index contributed by atoms with van der Waals surface area (Å²) in [6, 6.07) is 7.72. The third-order valence-corrected chi connectivity index (χ3v) is 5.04. The Kier molecular flexibility index (Phi) is 4.62. The molecule has 3 amide bonds. The number of para-hydroxylation sites is 1. The van der Waals surface area contributed by atoms with Gasteiger partial charge in [-0.25, -0.2) is 5.43 Å². The van der Waals surface area contributed by atoms with E-state index in [2.05, 4.69) is 15.5 Å². The highest BCUT2D eigenvalue weighted by molar-refractivity contribution is 6.39. The molecule has 3 heterocycles. The van der Waals surface area contributed by atoms with Crippen LogP contribution in [0, 0.1) is 0 Å². The maximum absolute atomic E-state index is 13.0. The molecule has 0 saturated carbocycles. The van der Waals surface area contributed by atoms with Gasteiger partial charge >= 0.3 is 0 Å². The van der Waals surface area contributed by atoms with Crippen molar-refractivity contribution in [1.82, 2.24) is 20.2 Å². The van der Waals surface area contributed by atoms with Gasteiger partial charge < -0.3 is 14.8 Å². The van der Waals surface area contributed by atoms with Crippen molar-refractivity contribution in [3.63, 3.8) is 0 Å². The Balaban J connectivity index is 1.44. The van der Waals surface area contributed by atoms with Crippen LogP contribution in [-0.2, 0) is 9.59 Å². The van der Waals surface area contributed by atoms with Gasteiger partial charge in [0.25, 0.3) is 11.8 Å². The van der Waals surface area contributed by atoms with Crippen molar-refractivity contribution in [1.29, 1.82) is 0 Å². The zero-order chi connectivity index (χ0) is 18.8. The third kappa shape index (κ3) is 3.42. The summed E-state index contributed by atoms with van der Waals surface area (Å²) >= 11 is 0. The number of nitrogens with zero attached hydrogens (tertiary/aromatic N) is 3. The van der Waals surface area contributed by atoms with Crippen molar-refractivity contribution in [2.24, 2.45) is 5.10 Å². The summed E-state index contributed by atoms with van der Waals surface area (Å²) in [5.74, 6) is -0.349. The van der Waals surface area contributed by atoms with E-state index in [1.54, 1.807) is 16.0 Å². The second-order valence-electron chi connectivity index (χ2n) is 6.78. The lowest BCUT2D eigenvalue weighted by Crippen LogP contribution is -2.42. The first-order valence-corrected chi connectivity index (χ1v) is 9.13. The van der Waals surface area contributed by atoms with E-state index in [0.717, 1.165) is 10.9 Å². The highest BCUT2D eigenvalue weighted by Crippen LogP contribution is 2.20. The summed E-state index contributed by atoms with van der Waals surface area (Å²) in [4.78, 5) is 43.5. The number of fused-ring (bicyclic) bond motifs is 1. The molecule has 27 heavy (non-hydrogen) atoms. The van der Waals surface area contributed by atoms with Crippen LogP contribution in [0.2, 0.25) is 0 Å². The monoisotopic (exact) mass is 367 g/mol. The standard InChI is InChI=1S/C19H21N5O3/c25-17-7-6-16(21-22-17)19(27)24-9-3-8-23(10-11-24)18(26)14-12-20-15-5-2-1-4-13(14)15/h1-2,4-5,12,20H,3,6-11H2,(H,22,25). The van der Waals surface area contributed by atoms with Crippen molar-refractivity contribution in [2.45, 2.75) is 19.3 Å². The molecule has 1 aromatic carbocycles. The number of carbonyl (C=O) groups is 3. The smallest absolute Gasteiger partial charge is 0.270 e. The molecule has 8 nitrogen and oxygen atoms in total. The van der Waals surface area contributed by atoms with Crippen molar-refractivity contribution >= 4 is 34.3 Å². The summed E-state index contributed by atoms with van der Waals surface area (Å²) in [6.07, 6.45) is 3.10. The van der Waals surface area contributed by atoms with Crippen LogP contribution in [0.4, 0.5) is 0 Å². The predicted molar refractivity (Wildman–Crippen MR) is 100 cm³/mol. The number of hydrogen-bond donors (Lipinski definition) is 2. The molecule has 8 heteroatoms. The van der Waals surface area contributed by atoms with Crippen LogP contribution in [0.1, 0.15) is 29.6 Å². The lowest BCUT2D eigenvalue weighted by Gasteiger charge is -2.23. The molecule has 2 aromatic rings. The van der Waals surface area contributed by atoms with E-state index in [4.69, 9.17) is 0 Å². The fourth-order valence-corrected chi connectivity index (χ4v) is 3.55. The van der Waals surface area contributed by atoms with Crippen LogP contribution in [-0.4, -0.2) is 64.4 Å². The van der Waals surface area contributed by atoms with E-state index in [-0.39, 0.29) is 24.1 Å². The first-order chi connectivity index (χ1) is 13.1. The molecule has 1 aromatic heterocycles. The molecular formula is C19H21N5O3. The van der Waals surface area contributed by atoms with Crippen molar-refractivity contribution in [3.8, 4) is 0 Å². The summed E-state index contributed by atoms with van der Waals surface area (Å²) < 4.78 is 0. The van der Waals surface area contributed by atoms with Gasteiger partial charge in [-0.1, -0.05) is 18.2 Å². The van der Waals surface area contributed by atoms with Crippen molar-refractivity contribution in [2.75, 3.05) is 26.2 Å². The number of amides is 3. The fourth-order valence-electron chi connectivity index (χ4n) is 3.55. The van der Waals surface area contributed by atoms with Crippen LogP contribution < -0.4 is 5.43 Å². The number of nitrogens with one attached hydrogen (secondary N) is 2. The average Bonchev–Trinajstić information content (AvgIpc) is 2.96. The minimum atomic E-state index is -0.169. The summed E-state index contributed by atoms with van der Waals surface area (Å²) in [5.41, 5.74) is 4.34. The summed E-state index contributed by atoms with van der Waals surface area (Å²) in [7, 11) is 0. The third-order valence-electron chi connectivity index (χ3n) is 5.04. The number of aromatic nitrogens is 1. The maximum atomic E-state index is 13.0. The number of hydrazone groups is 1. The lowest BCUT2D eigenvalue weighted by atomic mass is 10.1. The SMILES string of the molecule is O=C1CCC(C(=O)N2CCCN(C(=O)c3c[nH]c4ccccc34)CC2)=NN1. The minimum Gasteiger partial charge on any atom is -0.360 e. The lowest BCUT2D eigenvalue weighted by molar-refractivity contribution is -0.124. The van der Waals surface area contributed by atoms with E-state index in [9.17, 15) is 14.4 Å². The van der Waals surface area contributed by atoms with Crippen LogP contribution in [0.25, 0.3) is 10.9 Å². The minimum absolute atomic E-state index is 0.0241. The van der Waals surface area contributed by atoms with Gasteiger partial charge in [-0.05, 0) is 12.5 Å². The van der Waals surface area contributed by atoms with Crippen molar-refractivity contribution < 1.29 is 14.4 Å². The number of benzene rings is 1. The topological polar surface area (TPSA) is 97.9 Å². The molecule has 2 aliphatic rings. The van der Waals surface area contributed by atoms with E-state index in [1.807, 2.05) is 24.3 Å². The van der Waals surface area contributed by atoms with Crippen LogP contribution >= 0.6 is 0 Å². The van der Waals surface area contributed by atoms with Gasteiger partial charge in [0.05, 0.1) is 5.56 Å². The largest absolute Gasteiger partial charge is 0.360 e. The summed E-state index contributed by atoms with van der Waals surface area (Å²) in [6.45, 7) is 2.11. The van der Waals surface area contributed by atoms with Gasteiger partial charge in [0.2, 0.25) is 5.91 Å². The predicted octanol–water partition coefficient (Wildman–Crippen LogP) is 1.11. The molecule has 2 N–H and O–H groups in total. The first-order valence-electron chi connectivity index (χ1n) is 9.13. The van der Waals surface area contributed by atoms with E-state index >= 15 is 0 Å². The van der Waals surface area contributed by atoms with Gasteiger partial charge in [0.15, 0.2) is 0 Å². The zero-order valence-electron chi connectivity index (χ0n) is 14.9. The molecular weight excluding hydrogens is 346 g/mol. The normalized spacial score (nSPS) is 18.1. The van der Waals surface area contributed by atoms with E-state index < -0.39 is 0 Å². The Morgan fingerprint density at radius 1 is 0.963 bits per heavy atom. The van der Waals surface area contributed by atoms with Gasteiger partial charge in [-0.15, -0.1) is 0 Å². The molecule has 140 valence electrons. The van der Waals surface area contributed by atoms with Gasteiger partial charge in [-0.3, -0.25) is 14.4 Å². The highest BCUT2D eigenvalue weighted by atomic mass is 16.2. The van der Waals surface area contributed by atoms with Gasteiger partial charge in [0, 0.05) is 56.1 Å². The Bertz CT molecular complexity index is 932. The molecule has 4 rings (SSSR count). The number of rotatable bonds is 2. The number of carbonyl (C=O) groups excluding carboxylic acids is 3. The quantitative estimate of drug-likeness (QED) is 0.832. The molecule has 0 bridgehead atoms. The Morgan fingerprint density at radius 2 is 1.70 bits per heavy atom. The zero-order valence-corrected chi connectivity index (χ0v) is 14.9. The highest BCUT2D eigenvalue weighted by Gasteiger charge is 2.27. The molecule has 0 aliphatic carbocycles.